The molecule has 3 aromatic rings. The third kappa shape index (κ3) is 3.44. The van der Waals surface area contributed by atoms with Crippen molar-refractivity contribution in [1.29, 1.82) is 0 Å². The standard InChI is InChI=1S/C18H18N4O4/c1-24-13-6-4-3-5-11(13)9-21-18(23)15-16(22-26-17(15)19)12-7-8-14(25-2)20-10-12/h3-8,10H,9,19H2,1-2H3,(H,21,23). The predicted octanol–water partition coefficient (Wildman–Crippen LogP) is 2.27. The number of nitrogens with one attached hydrogen (secondary N) is 1. The van der Waals surface area contributed by atoms with Gasteiger partial charge in [0.1, 0.15) is 17.0 Å². The van der Waals surface area contributed by atoms with Crippen LogP contribution < -0.4 is 20.5 Å². The number of aromatic nitrogens is 2. The van der Waals surface area contributed by atoms with E-state index in [2.05, 4.69) is 15.5 Å². The molecule has 0 bridgehead atoms. The van der Waals surface area contributed by atoms with E-state index in [1.807, 2.05) is 24.3 Å². The number of benzene rings is 1. The zero-order valence-electron chi connectivity index (χ0n) is 14.4. The van der Waals surface area contributed by atoms with E-state index in [0.717, 1.165) is 5.56 Å². The Hall–Kier alpha value is -3.55. The lowest BCUT2D eigenvalue weighted by molar-refractivity contribution is 0.0952. The van der Waals surface area contributed by atoms with Crippen molar-refractivity contribution in [3.8, 4) is 22.9 Å². The van der Waals surface area contributed by atoms with Gasteiger partial charge in [-0.25, -0.2) is 4.98 Å². The minimum absolute atomic E-state index is 0.0617. The predicted molar refractivity (Wildman–Crippen MR) is 94.9 cm³/mol. The fourth-order valence-electron chi connectivity index (χ4n) is 2.47. The summed E-state index contributed by atoms with van der Waals surface area (Å²) in [7, 11) is 3.10. The average Bonchev–Trinajstić information content (AvgIpc) is 3.08. The summed E-state index contributed by atoms with van der Waals surface area (Å²) in [4.78, 5) is 16.7. The Labute approximate surface area is 149 Å². The minimum atomic E-state index is -0.402. The SMILES string of the molecule is COc1ccc(-c2noc(N)c2C(=O)NCc2ccccc2OC)cn1. The molecule has 0 aliphatic rings. The molecule has 134 valence electrons. The van der Waals surface area contributed by atoms with Gasteiger partial charge < -0.3 is 25.0 Å². The first-order chi connectivity index (χ1) is 12.6. The van der Waals surface area contributed by atoms with E-state index < -0.39 is 5.91 Å². The molecule has 0 aliphatic carbocycles. The molecular weight excluding hydrogens is 336 g/mol. The average molecular weight is 354 g/mol. The van der Waals surface area contributed by atoms with Crippen molar-refractivity contribution < 1.29 is 18.8 Å². The summed E-state index contributed by atoms with van der Waals surface area (Å²) in [6.07, 6.45) is 1.53. The van der Waals surface area contributed by atoms with E-state index in [4.69, 9.17) is 19.7 Å². The van der Waals surface area contributed by atoms with Crippen LogP contribution in [0.3, 0.4) is 0 Å². The molecule has 1 amide bonds. The Balaban J connectivity index is 1.82. The van der Waals surface area contributed by atoms with Crippen LogP contribution in [-0.4, -0.2) is 30.3 Å². The molecule has 8 nitrogen and oxygen atoms in total. The summed E-state index contributed by atoms with van der Waals surface area (Å²) < 4.78 is 15.3. The fraction of sp³-hybridized carbons (Fsp3) is 0.167. The molecule has 0 saturated carbocycles. The molecule has 2 aromatic heterocycles. The molecule has 3 N–H and O–H groups in total. The Morgan fingerprint density at radius 3 is 2.69 bits per heavy atom. The Morgan fingerprint density at radius 1 is 1.19 bits per heavy atom. The number of para-hydroxylation sites is 1. The van der Waals surface area contributed by atoms with Crippen LogP contribution in [0.4, 0.5) is 5.88 Å². The molecule has 0 aliphatic heterocycles. The molecule has 0 fully saturated rings. The Kier molecular flexibility index (Phi) is 5.02. The molecule has 1 aromatic carbocycles. The highest BCUT2D eigenvalue weighted by atomic mass is 16.5. The van der Waals surface area contributed by atoms with Crippen molar-refractivity contribution >= 4 is 11.8 Å². The first kappa shape index (κ1) is 17.3. The summed E-state index contributed by atoms with van der Waals surface area (Å²) >= 11 is 0. The molecule has 0 saturated heterocycles. The maximum absolute atomic E-state index is 12.6. The number of hydrogen-bond acceptors (Lipinski definition) is 7. The van der Waals surface area contributed by atoms with E-state index >= 15 is 0 Å². The van der Waals surface area contributed by atoms with Gasteiger partial charge in [0.15, 0.2) is 0 Å². The minimum Gasteiger partial charge on any atom is -0.496 e. The van der Waals surface area contributed by atoms with Gasteiger partial charge >= 0.3 is 0 Å². The van der Waals surface area contributed by atoms with E-state index in [-0.39, 0.29) is 18.0 Å². The summed E-state index contributed by atoms with van der Waals surface area (Å²) in [5, 5.41) is 6.69. The van der Waals surface area contributed by atoms with Gasteiger partial charge in [-0.15, -0.1) is 0 Å². The third-order valence-electron chi connectivity index (χ3n) is 3.80. The molecule has 2 heterocycles. The number of ether oxygens (including phenoxy) is 2. The van der Waals surface area contributed by atoms with Crippen LogP contribution in [0.2, 0.25) is 0 Å². The number of methoxy groups -OCH3 is 2. The van der Waals surface area contributed by atoms with Gasteiger partial charge in [-0.1, -0.05) is 23.4 Å². The van der Waals surface area contributed by atoms with Crippen LogP contribution >= 0.6 is 0 Å². The first-order valence-corrected chi connectivity index (χ1v) is 7.79. The number of pyridine rings is 1. The zero-order valence-corrected chi connectivity index (χ0v) is 14.4. The highest BCUT2D eigenvalue weighted by Gasteiger charge is 2.23. The molecule has 0 atom stereocenters. The number of rotatable bonds is 6. The number of hydrogen-bond donors (Lipinski definition) is 2. The smallest absolute Gasteiger partial charge is 0.259 e. The van der Waals surface area contributed by atoms with Crippen molar-refractivity contribution in [1.82, 2.24) is 15.5 Å². The van der Waals surface area contributed by atoms with Gasteiger partial charge in [-0.05, 0) is 12.1 Å². The second kappa shape index (κ2) is 7.56. The topological polar surface area (TPSA) is 112 Å². The van der Waals surface area contributed by atoms with Gasteiger partial charge in [0, 0.05) is 29.9 Å². The summed E-state index contributed by atoms with van der Waals surface area (Å²) in [6.45, 7) is 0.272. The Bertz CT molecular complexity index is 906. The van der Waals surface area contributed by atoms with E-state index in [9.17, 15) is 4.79 Å². The fourth-order valence-corrected chi connectivity index (χ4v) is 2.47. The second-order valence-electron chi connectivity index (χ2n) is 5.35. The lowest BCUT2D eigenvalue weighted by atomic mass is 10.1. The highest BCUT2D eigenvalue weighted by molar-refractivity contribution is 6.03. The number of carbonyl (C=O) groups is 1. The monoisotopic (exact) mass is 354 g/mol. The highest BCUT2D eigenvalue weighted by Crippen LogP contribution is 2.27. The van der Waals surface area contributed by atoms with Gasteiger partial charge in [0.25, 0.3) is 5.91 Å². The van der Waals surface area contributed by atoms with Gasteiger partial charge in [0.05, 0.1) is 14.2 Å². The molecule has 26 heavy (non-hydrogen) atoms. The lowest BCUT2D eigenvalue weighted by Crippen LogP contribution is -2.24. The second-order valence-corrected chi connectivity index (χ2v) is 5.35. The molecular formula is C18H18N4O4. The zero-order chi connectivity index (χ0) is 18.5. The van der Waals surface area contributed by atoms with E-state index in [1.54, 1.807) is 19.2 Å². The van der Waals surface area contributed by atoms with Crippen LogP contribution in [0.1, 0.15) is 15.9 Å². The van der Waals surface area contributed by atoms with Crippen LogP contribution in [0.15, 0.2) is 47.1 Å². The van der Waals surface area contributed by atoms with Crippen molar-refractivity contribution in [2.75, 3.05) is 20.0 Å². The summed E-state index contributed by atoms with van der Waals surface area (Å²) in [6, 6.07) is 10.8. The third-order valence-corrected chi connectivity index (χ3v) is 3.80. The van der Waals surface area contributed by atoms with Crippen LogP contribution in [0.25, 0.3) is 11.3 Å². The number of nitrogens with zero attached hydrogens (tertiary/aromatic N) is 2. The molecule has 0 spiro atoms. The van der Waals surface area contributed by atoms with Crippen LogP contribution in [-0.2, 0) is 6.54 Å². The summed E-state index contributed by atoms with van der Waals surface area (Å²) in [5.41, 5.74) is 7.71. The largest absolute Gasteiger partial charge is 0.496 e. The number of anilines is 1. The Morgan fingerprint density at radius 2 is 2.00 bits per heavy atom. The van der Waals surface area contributed by atoms with Crippen molar-refractivity contribution in [3.05, 3.63) is 53.7 Å². The molecule has 0 unspecified atom stereocenters. The summed E-state index contributed by atoms with van der Waals surface area (Å²) in [5.74, 6) is 0.673. The van der Waals surface area contributed by atoms with Gasteiger partial charge in [-0.3, -0.25) is 4.79 Å². The number of nitrogen functional groups attached to an aromatic ring is 1. The number of carbonyl (C=O) groups excluding carboxylic acids is 1. The van der Waals surface area contributed by atoms with E-state index in [0.29, 0.717) is 22.9 Å². The molecule has 3 rings (SSSR count). The lowest BCUT2D eigenvalue weighted by Gasteiger charge is -2.09. The van der Waals surface area contributed by atoms with Gasteiger partial charge in [-0.2, -0.15) is 0 Å². The van der Waals surface area contributed by atoms with Crippen LogP contribution in [0, 0.1) is 0 Å². The quantitative estimate of drug-likeness (QED) is 0.698. The van der Waals surface area contributed by atoms with Crippen molar-refractivity contribution in [2.24, 2.45) is 0 Å². The molecule has 0 radical (unpaired) electrons. The maximum atomic E-state index is 12.6. The van der Waals surface area contributed by atoms with E-state index in [1.165, 1.54) is 13.3 Å². The van der Waals surface area contributed by atoms with Crippen molar-refractivity contribution in [2.45, 2.75) is 6.54 Å². The van der Waals surface area contributed by atoms with Crippen molar-refractivity contribution in [3.63, 3.8) is 0 Å². The first-order valence-electron chi connectivity index (χ1n) is 7.79. The maximum Gasteiger partial charge on any atom is 0.259 e. The number of nitrogens with two attached hydrogens (primary N) is 1. The van der Waals surface area contributed by atoms with Gasteiger partial charge in [0.2, 0.25) is 11.8 Å². The van der Waals surface area contributed by atoms with Crippen LogP contribution in [0.5, 0.6) is 11.6 Å². The molecule has 8 heteroatoms. The normalized spacial score (nSPS) is 10.4. The number of amides is 1.